The van der Waals surface area contributed by atoms with E-state index in [0.29, 0.717) is 30.5 Å². The van der Waals surface area contributed by atoms with Crippen LogP contribution in [0, 0.1) is 5.82 Å². The maximum absolute atomic E-state index is 13.5. The zero-order chi connectivity index (χ0) is 22.3. The van der Waals surface area contributed by atoms with Crippen LogP contribution in [0.15, 0.2) is 41.2 Å². The maximum Gasteiger partial charge on any atom is 0.416 e. The van der Waals surface area contributed by atoms with E-state index in [-0.39, 0.29) is 29.4 Å². The minimum absolute atomic E-state index is 0.0643. The number of rotatable bonds is 3. The molecule has 0 radical (unpaired) electrons. The van der Waals surface area contributed by atoms with Crippen LogP contribution in [-0.4, -0.2) is 33.4 Å². The van der Waals surface area contributed by atoms with Crippen LogP contribution in [-0.2, 0) is 17.4 Å². The third kappa shape index (κ3) is 4.46. The molecule has 2 aromatic carbocycles. The fourth-order valence-electron chi connectivity index (χ4n) is 4.05. The first-order valence-corrected chi connectivity index (χ1v) is 10.0. The van der Waals surface area contributed by atoms with Crippen molar-refractivity contribution in [2.45, 2.75) is 31.5 Å². The van der Waals surface area contributed by atoms with Gasteiger partial charge in [-0.2, -0.15) is 13.2 Å². The highest BCUT2D eigenvalue weighted by atomic mass is 35.5. The summed E-state index contributed by atoms with van der Waals surface area (Å²) in [6.07, 6.45) is -3.48. The first kappa shape index (κ1) is 21.4. The van der Waals surface area contributed by atoms with Crippen molar-refractivity contribution < 1.29 is 22.4 Å². The Kier molecular flexibility index (Phi) is 5.55. The molecule has 1 saturated heterocycles. The number of benzene rings is 2. The molecule has 1 aliphatic rings. The Morgan fingerprint density at radius 2 is 1.97 bits per heavy atom. The van der Waals surface area contributed by atoms with Gasteiger partial charge in [0.2, 0.25) is 5.91 Å². The highest BCUT2D eigenvalue weighted by Gasteiger charge is 2.32. The number of fused-ring (bicyclic) bond motifs is 1. The van der Waals surface area contributed by atoms with Crippen molar-refractivity contribution >= 4 is 28.5 Å². The summed E-state index contributed by atoms with van der Waals surface area (Å²) in [6.45, 7) is 0.619. The number of alkyl halides is 3. The summed E-state index contributed by atoms with van der Waals surface area (Å²) in [7, 11) is 0. The summed E-state index contributed by atoms with van der Waals surface area (Å²) < 4.78 is 54.3. The standard InChI is InChI=1S/C21H18ClF4N3O2/c22-14-6-12(7-15(23)10-14)8-19(30)28-5-1-2-16(11-28)29-18-9-13(21(24,25)26)3-4-17(18)27-20(29)31/h3-4,6-7,9-10,16H,1-2,5,8,11H2,(H,27,31)/t16-/m0/s1. The van der Waals surface area contributed by atoms with Crippen LogP contribution in [0.4, 0.5) is 17.6 Å². The zero-order valence-electron chi connectivity index (χ0n) is 16.2. The van der Waals surface area contributed by atoms with E-state index in [2.05, 4.69) is 4.98 Å². The molecule has 1 aromatic heterocycles. The van der Waals surface area contributed by atoms with Crippen LogP contribution >= 0.6 is 11.6 Å². The third-order valence-electron chi connectivity index (χ3n) is 5.44. The van der Waals surface area contributed by atoms with E-state index in [1.165, 1.54) is 22.8 Å². The number of likely N-dealkylation sites (tertiary alicyclic amines) is 1. The van der Waals surface area contributed by atoms with Crippen molar-refractivity contribution in [2.75, 3.05) is 13.1 Å². The monoisotopic (exact) mass is 455 g/mol. The second-order valence-corrected chi connectivity index (χ2v) is 8.06. The van der Waals surface area contributed by atoms with E-state index >= 15 is 0 Å². The smallest absolute Gasteiger partial charge is 0.340 e. The van der Waals surface area contributed by atoms with Gasteiger partial charge in [0.15, 0.2) is 0 Å². The molecular weight excluding hydrogens is 438 g/mol. The second-order valence-electron chi connectivity index (χ2n) is 7.62. The maximum atomic E-state index is 13.5. The van der Waals surface area contributed by atoms with E-state index < -0.39 is 29.3 Å². The number of carbonyl (C=O) groups is 1. The normalized spacial score (nSPS) is 17.3. The summed E-state index contributed by atoms with van der Waals surface area (Å²) in [6, 6.07) is 6.51. The minimum atomic E-state index is -4.53. The molecule has 5 nitrogen and oxygen atoms in total. The lowest BCUT2D eigenvalue weighted by atomic mass is 10.0. The van der Waals surface area contributed by atoms with Gasteiger partial charge in [-0.15, -0.1) is 0 Å². The molecule has 4 rings (SSSR count). The number of aromatic amines is 1. The van der Waals surface area contributed by atoms with Crippen LogP contribution in [0.2, 0.25) is 5.02 Å². The molecule has 3 aromatic rings. The number of piperidine rings is 1. The predicted molar refractivity (Wildman–Crippen MR) is 108 cm³/mol. The van der Waals surface area contributed by atoms with E-state index in [0.717, 1.165) is 18.2 Å². The van der Waals surface area contributed by atoms with Gasteiger partial charge in [0.25, 0.3) is 0 Å². The summed E-state index contributed by atoms with van der Waals surface area (Å²) in [5, 5.41) is 0.185. The van der Waals surface area contributed by atoms with Gasteiger partial charge in [0.1, 0.15) is 5.82 Å². The van der Waals surface area contributed by atoms with Gasteiger partial charge >= 0.3 is 11.9 Å². The SMILES string of the molecule is O=C(Cc1cc(F)cc(Cl)c1)N1CCC[C@H](n2c(=O)[nH]c3ccc(C(F)(F)F)cc32)C1. The summed E-state index contributed by atoms with van der Waals surface area (Å²) >= 11 is 5.84. The van der Waals surface area contributed by atoms with Gasteiger partial charge in [-0.05, 0) is 54.8 Å². The van der Waals surface area contributed by atoms with Gasteiger partial charge < -0.3 is 9.88 Å². The molecule has 0 aliphatic carbocycles. The number of nitrogens with one attached hydrogen (secondary N) is 1. The molecule has 10 heteroatoms. The summed E-state index contributed by atoms with van der Waals surface area (Å²) in [5.41, 5.74) is -0.492. The summed E-state index contributed by atoms with van der Waals surface area (Å²) in [4.78, 5) is 29.4. The van der Waals surface area contributed by atoms with Gasteiger partial charge in [-0.25, -0.2) is 9.18 Å². The zero-order valence-corrected chi connectivity index (χ0v) is 16.9. The van der Waals surface area contributed by atoms with E-state index in [9.17, 15) is 27.2 Å². The number of carbonyl (C=O) groups excluding carboxylic acids is 1. The van der Waals surface area contributed by atoms with Gasteiger partial charge in [0, 0.05) is 18.1 Å². The topological polar surface area (TPSA) is 58.1 Å². The Bertz CT molecular complexity index is 1180. The van der Waals surface area contributed by atoms with Gasteiger partial charge in [-0.3, -0.25) is 9.36 Å². The third-order valence-corrected chi connectivity index (χ3v) is 5.66. The molecule has 0 spiro atoms. The van der Waals surface area contributed by atoms with Crippen molar-refractivity contribution in [3.8, 4) is 0 Å². The van der Waals surface area contributed by atoms with Crippen LogP contribution < -0.4 is 5.69 Å². The van der Waals surface area contributed by atoms with Crippen LogP contribution in [0.5, 0.6) is 0 Å². The molecule has 164 valence electrons. The predicted octanol–water partition coefficient (Wildman–Crippen LogP) is 4.55. The molecule has 0 saturated carbocycles. The van der Waals surface area contributed by atoms with Crippen LogP contribution in [0.3, 0.4) is 0 Å². The van der Waals surface area contributed by atoms with Crippen molar-refractivity contribution in [3.05, 3.63) is 68.8 Å². The number of aromatic nitrogens is 2. The second kappa shape index (κ2) is 8.03. The van der Waals surface area contributed by atoms with Crippen LogP contribution in [0.25, 0.3) is 11.0 Å². The lowest BCUT2D eigenvalue weighted by Crippen LogP contribution is -2.43. The lowest BCUT2D eigenvalue weighted by Gasteiger charge is -2.33. The van der Waals surface area contributed by atoms with Crippen molar-refractivity contribution in [3.63, 3.8) is 0 Å². The minimum Gasteiger partial charge on any atom is -0.340 e. The van der Waals surface area contributed by atoms with E-state index in [1.807, 2.05) is 0 Å². The molecule has 1 fully saturated rings. The number of nitrogens with zero attached hydrogens (tertiary/aromatic N) is 2. The highest BCUT2D eigenvalue weighted by molar-refractivity contribution is 6.30. The molecule has 1 aliphatic heterocycles. The van der Waals surface area contributed by atoms with Crippen molar-refractivity contribution in [2.24, 2.45) is 0 Å². The molecule has 31 heavy (non-hydrogen) atoms. The fraction of sp³-hybridized carbons (Fsp3) is 0.333. The number of hydrogen-bond acceptors (Lipinski definition) is 2. The highest BCUT2D eigenvalue weighted by Crippen LogP contribution is 2.32. The number of hydrogen-bond donors (Lipinski definition) is 1. The number of amides is 1. The Morgan fingerprint density at radius 1 is 1.19 bits per heavy atom. The lowest BCUT2D eigenvalue weighted by molar-refractivity contribution is -0.137. The Hall–Kier alpha value is -2.81. The molecule has 0 unspecified atom stereocenters. The molecule has 1 atom stereocenters. The first-order valence-electron chi connectivity index (χ1n) is 9.66. The number of H-pyrrole nitrogens is 1. The molecular formula is C21H18ClF4N3O2. The first-order chi connectivity index (χ1) is 14.6. The quantitative estimate of drug-likeness (QED) is 0.589. The van der Waals surface area contributed by atoms with E-state index in [4.69, 9.17) is 11.6 Å². The average molecular weight is 456 g/mol. The molecule has 0 bridgehead atoms. The number of imidazole rings is 1. The Balaban J connectivity index is 1.59. The molecule has 1 amide bonds. The molecule has 2 heterocycles. The van der Waals surface area contributed by atoms with E-state index in [1.54, 1.807) is 4.90 Å². The summed E-state index contributed by atoms with van der Waals surface area (Å²) in [5.74, 6) is -0.812. The van der Waals surface area contributed by atoms with Gasteiger partial charge in [-0.1, -0.05) is 11.6 Å². The van der Waals surface area contributed by atoms with Crippen molar-refractivity contribution in [1.82, 2.24) is 14.5 Å². The van der Waals surface area contributed by atoms with Crippen molar-refractivity contribution in [1.29, 1.82) is 0 Å². The van der Waals surface area contributed by atoms with Crippen LogP contribution in [0.1, 0.15) is 30.0 Å². The Morgan fingerprint density at radius 3 is 2.68 bits per heavy atom. The Labute approximate surface area is 179 Å². The number of halogens is 5. The average Bonchev–Trinajstić information content (AvgIpc) is 3.01. The molecule has 1 N–H and O–H groups in total. The van der Waals surface area contributed by atoms with Gasteiger partial charge in [0.05, 0.1) is 29.1 Å². The largest absolute Gasteiger partial charge is 0.416 e. The fourth-order valence-corrected chi connectivity index (χ4v) is 4.30.